The van der Waals surface area contributed by atoms with Gasteiger partial charge in [-0.3, -0.25) is 9.20 Å². The lowest BCUT2D eigenvalue weighted by molar-refractivity contribution is 0.102. The molecule has 1 N–H and O–H groups in total. The largest absolute Gasteiger partial charge is 0.320 e. The van der Waals surface area contributed by atoms with Crippen molar-refractivity contribution in [3.05, 3.63) is 63.5 Å². The minimum absolute atomic E-state index is 0.134. The molecular weight excluding hydrogens is 354 g/mol. The predicted octanol–water partition coefficient (Wildman–Crippen LogP) is 4.53. The summed E-state index contributed by atoms with van der Waals surface area (Å²) in [6.07, 6.45) is 2.66. The highest BCUT2D eigenvalue weighted by molar-refractivity contribution is 9.10. The molecule has 0 aliphatic rings. The Morgan fingerprint density at radius 3 is 2.74 bits per heavy atom. The molecule has 118 valence electrons. The molecule has 0 unspecified atom stereocenters. The average Bonchev–Trinajstić information content (AvgIpc) is 2.87. The van der Waals surface area contributed by atoms with Gasteiger partial charge in [-0.25, -0.2) is 4.98 Å². The van der Waals surface area contributed by atoms with Gasteiger partial charge in [-0.1, -0.05) is 28.9 Å². The van der Waals surface area contributed by atoms with Crippen LogP contribution in [0.1, 0.15) is 34.2 Å². The van der Waals surface area contributed by atoms with Crippen LogP contribution in [-0.4, -0.2) is 15.3 Å². The number of pyridine rings is 1. The van der Waals surface area contributed by atoms with Crippen LogP contribution in [0.2, 0.25) is 0 Å². The molecule has 2 heterocycles. The third-order valence-corrected chi connectivity index (χ3v) is 4.32. The molecule has 0 atom stereocenters. The highest BCUT2D eigenvalue weighted by atomic mass is 79.9. The lowest BCUT2D eigenvalue weighted by Crippen LogP contribution is -2.17. The molecule has 0 aliphatic carbocycles. The molecule has 0 radical (unpaired) electrons. The van der Waals surface area contributed by atoms with E-state index in [4.69, 9.17) is 0 Å². The predicted molar refractivity (Wildman–Crippen MR) is 96.1 cm³/mol. The van der Waals surface area contributed by atoms with Crippen molar-refractivity contribution in [3.8, 4) is 0 Å². The van der Waals surface area contributed by atoms with Crippen LogP contribution in [0.3, 0.4) is 0 Å². The first-order chi connectivity index (χ1) is 11.0. The van der Waals surface area contributed by atoms with E-state index in [1.54, 1.807) is 0 Å². The second kappa shape index (κ2) is 6.16. The Balaban J connectivity index is 2.04. The van der Waals surface area contributed by atoms with Crippen LogP contribution in [0.15, 0.2) is 41.0 Å². The first-order valence-electron chi connectivity index (χ1n) is 7.54. The number of hydrogen-bond acceptors (Lipinski definition) is 2. The van der Waals surface area contributed by atoms with Crippen LogP contribution >= 0.6 is 15.9 Å². The summed E-state index contributed by atoms with van der Waals surface area (Å²) >= 11 is 3.44. The van der Waals surface area contributed by atoms with Crippen LogP contribution in [0, 0.1) is 13.8 Å². The van der Waals surface area contributed by atoms with E-state index in [2.05, 4.69) is 26.2 Å². The van der Waals surface area contributed by atoms with Gasteiger partial charge in [0.25, 0.3) is 5.91 Å². The number of amides is 1. The maximum absolute atomic E-state index is 12.8. The molecule has 0 saturated carbocycles. The van der Waals surface area contributed by atoms with Crippen LogP contribution < -0.4 is 5.32 Å². The van der Waals surface area contributed by atoms with Gasteiger partial charge in [0.1, 0.15) is 11.3 Å². The van der Waals surface area contributed by atoms with Gasteiger partial charge in [0.2, 0.25) is 0 Å². The first-order valence-corrected chi connectivity index (χ1v) is 8.34. The molecule has 4 nitrogen and oxygen atoms in total. The number of anilines is 1. The van der Waals surface area contributed by atoms with Crippen LogP contribution in [0.4, 0.5) is 5.69 Å². The monoisotopic (exact) mass is 371 g/mol. The summed E-state index contributed by atoms with van der Waals surface area (Å²) in [5.41, 5.74) is 5.12. The number of fused-ring (bicyclic) bond motifs is 1. The van der Waals surface area contributed by atoms with E-state index in [1.807, 2.05) is 61.7 Å². The molecule has 2 aromatic heterocycles. The molecule has 0 saturated heterocycles. The lowest BCUT2D eigenvalue weighted by atomic mass is 10.2. The van der Waals surface area contributed by atoms with Crippen molar-refractivity contribution in [2.75, 3.05) is 5.32 Å². The summed E-state index contributed by atoms with van der Waals surface area (Å²) in [7, 11) is 0. The molecule has 1 aromatic carbocycles. The standard InChI is InChI=1S/C18H18BrN3O/c1-4-14-17(22-10-11(2)5-8-16(22)20-14)18(23)21-15-7-6-13(19)9-12(15)3/h5-10H,4H2,1-3H3,(H,21,23). The zero-order chi connectivity index (χ0) is 16.6. The van der Waals surface area contributed by atoms with Crippen LogP contribution in [0.25, 0.3) is 5.65 Å². The third-order valence-electron chi connectivity index (χ3n) is 3.83. The summed E-state index contributed by atoms with van der Waals surface area (Å²) in [6.45, 7) is 5.99. The van der Waals surface area contributed by atoms with Gasteiger partial charge < -0.3 is 5.32 Å². The number of imidazole rings is 1. The van der Waals surface area contributed by atoms with Gasteiger partial charge >= 0.3 is 0 Å². The van der Waals surface area contributed by atoms with Crippen molar-refractivity contribution in [2.24, 2.45) is 0 Å². The molecule has 5 heteroatoms. The quantitative estimate of drug-likeness (QED) is 0.734. The average molecular weight is 372 g/mol. The third kappa shape index (κ3) is 3.01. The number of carbonyl (C=O) groups is 1. The van der Waals surface area contributed by atoms with Gasteiger partial charge in [0.15, 0.2) is 0 Å². The zero-order valence-corrected chi connectivity index (χ0v) is 14.9. The second-order valence-corrected chi connectivity index (χ2v) is 6.52. The van der Waals surface area contributed by atoms with E-state index < -0.39 is 0 Å². The fourth-order valence-electron chi connectivity index (χ4n) is 2.64. The highest BCUT2D eigenvalue weighted by Crippen LogP contribution is 2.22. The van der Waals surface area contributed by atoms with E-state index in [9.17, 15) is 4.79 Å². The van der Waals surface area contributed by atoms with Gasteiger partial charge in [0, 0.05) is 16.4 Å². The van der Waals surface area contributed by atoms with E-state index in [0.717, 1.165) is 32.6 Å². The maximum atomic E-state index is 12.8. The van der Waals surface area contributed by atoms with Crippen molar-refractivity contribution in [2.45, 2.75) is 27.2 Å². The number of halogens is 1. The minimum atomic E-state index is -0.134. The van der Waals surface area contributed by atoms with Gasteiger partial charge in [-0.05, 0) is 55.7 Å². The first kappa shape index (κ1) is 15.7. The Bertz CT molecular complexity index is 899. The smallest absolute Gasteiger partial charge is 0.274 e. The summed E-state index contributed by atoms with van der Waals surface area (Å²) in [5, 5.41) is 3.01. The van der Waals surface area contributed by atoms with E-state index in [-0.39, 0.29) is 5.91 Å². The van der Waals surface area contributed by atoms with Crippen molar-refractivity contribution < 1.29 is 4.79 Å². The fourth-order valence-corrected chi connectivity index (χ4v) is 3.11. The number of nitrogens with zero attached hydrogens (tertiary/aromatic N) is 2. The summed E-state index contributed by atoms with van der Waals surface area (Å²) < 4.78 is 2.87. The Morgan fingerprint density at radius 1 is 1.26 bits per heavy atom. The van der Waals surface area contributed by atoms with Crippen molar-refractivity contribution in [3.63, 3.8) is 0 Å². The van der Waals surface area contributed by atoms with Gasteiger partial charge in [-0.2, -0.15) is 0 Å². The number of aryl methyl sites for hydroxylation is 3. The number of nitrogens with one attached hydrogen (secondary N) is 1. The van der Waals surface area contributed by atoms with Crippen LogP contribution in [-0.2, 0) is 6.42 Å². The zero-order valence-electron chi connectivity index (χ0n) is 13.4. The highest BCUT2D eigenvalue weighted by Gasteiger charge is 2.19. The normalized spacial score (nSPS) is 11.0. The second-order valence-electron chi connectivity index (χ2n) is 5.61. The van der Waals surface area contributed by atoms with E-state index in [0.29, 0.717) is 12.1 Å². The summed E-state index contributed by atoms with van der Waals surface area (Å²) in [4.78, 5) is 17.4. The maximum Gasteiger partial charge on any atom is 0.274 e. The molecule has 3 aromatic rings. The number of rotatable bonds is 3. The Morgan fingerprint density at radius 2 is 2.04 bits per heavy atom. The lowest BCUT2D eigenvalue weighted by Gasteiger charge is -2.10. The molecule has 0 bridgehead atoms. The molecular formula is C18H18BrN3O. The molecule has 23 heavy (non-hydrogen) atoms. The van der Waals surface area contributed by atoms with E-state index >= 15 is 0 Å². The molecule has 0 spiro atoms. The van der Waals surface area contributed by atoms with E-state index in [1.165, 1.54) is 0 Å². The van der Waals surface area contributed by atoms with Gasteiger partial charge in [0.05, 0.1) is 5.69 Å². The molecule has 3 rings (SSSR count). The summed E-state index contributed by atoms with van der Waals surface area (Å²) in [6, 6.07) is 9.74. The Hall–Kier alpha value is -2.14. The Kier molecular flexibility index (Phi) is 4.22. The number of hydrogen-bond donors (Lipinski definition) is 1. The van der Waals surface area contributed by atoms with Crippen molar-refractivity contribution in [1.29, 1.82) is 0 Å². The molecule has 1 amide bonds. The van der Waals surface area contributed by atoms with Gasteiger partial charge in [-0.15, -0.1) is 0 Å². The number of aromatic nitrogens is 2. The minimum Gasteiger partial charge on any atom is -0.320 e. The molecule has 0 fully saturated rings. The van der Waals surface area contributed by atoms with Crippen molar-refractivity contribution >= 4 is 33.2 Å². The van der Waals surface area contributed by atoms with Crippen molar-refractivity contribution in [1.82, 2.24) is 9.38 Å². The topological polar surface area (TPSA) is 46.4 Å². The fraction of sp³-hybridized carbons (Fsp3) is 0.222. The van der Waals surface area contributed by atoms with Crippen LogP contribution in [0.5, 0.6) is 0 Å². The number of benzene rings is 1. The Labute approximate surface area is 143 Å². The number of carbonyl (C=O) groups excluding carboxylic acids is 1. The summed E-state index contributed by atoms with van der Waals surface area (Å²) in [5.74, 6) is -0.134. The SMILES string of the molecule is CCc1nc2ccc(C)cn2c1C(=O)Nc1ccc(Br)cc1C. The molecule has 0 aliphatic heterocycles.